The zero-order chi connectivity index (χ0) is 11.5. The molecule has 4 nitrogen and oxygen atoms in total. The van der Waals surface area contributed by atoms with Crippen molar-refractivity contribution in [3.05, 3.63) is 24.3 Å². The summed E-state index contributed by atoms with van der Waals surface area (Å²) in [5.41, 5.74) is 0.855. The number of benzene rings is 1. The van der Waals surface area contributed by atoms with Crippen LogP contribution in [0.5, 0.6) is 0 Å². The maximum absolute atomic E-state index is 11.4. The Kier molecular flexibility index (Phi) is 3.17. The van der Waals surface area contributed by atoms with Crippen LogP contribution in [0.3, 0.4) is 0 Å². The van der Waals surface area contributed by atoms with Crippen LogP contribution in [-0.2, 0) is 4.79 Å². The average Bonchev–Trinajstić information content (AvgIpc) is 2.69. The highest BCUT2D eigenvalue weighted by atomic mass is 32.1. The summed E-state index contributed by atoms with van der Waals surface area (Å²) >= 11 is 1.40. The number of carbonyl (C=O) groups excluding carboxylic acids is 1. The minimum atomic E-state index is -0.966. The number of aliphatic hydroxyl groups is 1. The number of aliphatic hydroxyl groups excluding tert-OH is 1. The molecule has 0 fully saturated rings. The largest absolute Gasteiger partial charge is 0.383 e. The zero-order valence-electron chi connectivity index (χ0n) is 8.80. The lowest BCUT2D eigenvalue weighted by Gasteiger charge is -2.05. The normalized spacial score (nSPS) is 12.6. The van der Waals surface area contributed by atoms with E-state index in [4.69, 9.17) is 0 Å². The second-order valence-electron chi connectivity index (χ2n) is 3.40. The first kappa shape index (κ1) is 11.0. The first-order chi connectivity index (χ1) is 7.70. The van der Waals surface area contributed by atoms with Gasteiger partial charge in [0.15, 0.2) is 5.13 Å². The molecular formula is C11H12N2O2S. The highest BCUT2D eigenvalue weighted by molar-refractivity contribution is 7.22. The van der Waals surface area contributed by atoms with Crippen molar-refractivity contribution in [3.8, 4) is 0 Å². The number of thiazole rings is 1. The molecule has 0 saturated carbocycles. The molecule has 16 heavy (non-hydrogen) atoms. The Morgan fingerprint density at radius 3 is 3.00 bits per heavy atom. The Morgan fingerprint density at radius 2 is 2.31 bits per heavy atom. The van der Waals surface area contributed by atoms with Crippen molar-refractivity contribution in [1.29, 1.82) is 0 Å². The lowest BCUT2D eigenvalue weighted by molar-refractivity contribution is -0.124. The fourth-order valence-corrected chi connectivity index (χ4v) is 2.17. The summed E-state index contributed by atoms with van der Waals surface area (Å²) in [4.78, 5) is 15.7. The highest BCUT2D eigenvalue weighted by Crippen LogP contribution is 2.25. The van der Waals surface area contributed by atoms with Gasteiger partial charge in [-0.25, -0.2) is 4.98 Å². The summed E-state index contributed by atoms with van der Waals surface area (Å²) < 4.78 is 1.02. The minimum absolute atomic E-state index is 0.400. The van der Waals surface area contributed by atoms with Crippen molar-refractivity contribution in [3.63, 3.8) is 0 Å². The number of rotatable bonds is 3. The number of nitrogens with one attached hydrogen (secondary N) is 1. The SMILES string of the molecule is CCC(O)C(=O)Nc1nc2ccccc2s1. The summed E-state index contributed by atoms with van der Waals surface area (Å²) in [5.74, 6) is -0.401. The van der Waals surface area contributed by atoms with E-state index >= 15 is 0 Å². The van der Waals surface area contributed by atoms with Crippen LogP contribution in [0, 0.1) is 0 Å². The molecule has 2 aromatic rings. The number of fused-ring (bicyclic) bond motifs is 1. The molecule has 1 aromatic carbocycles. The summed E-state index contributed by atoms with van der Waals surface area (Å²) in [6.07, 6.45) is -0.566. The second-order valence-corrected chi connectivity index (χ2v) is 4.43. The second kappa shape index (κ2) is 4.59. The fourth-order valence-electron chi connectivity index (χ4n) is 1.30. The van der Waals surface area contributed by atoms with Gasteiger partial charge in [-0.2, -0.15) is 0 Å². The standard InChI is InChI=1S/C11H12N2O2S/c1-2-8(14)10(15)13-11-12-7-5-3-4-6-9(7)16-11/h3-6,8,14H,2H2,1H3,(H,12,13,15). The molecule has 0 radical (unpaired) electrons. The molecule has 1 heterocycles. The predicted octanol–water partition coefficient (Wildman–Crippen LogP) is 2.01. The van der Waals surface area contributed by atoms with Crippen molar-refractivity contribution >= 4 is 32.6 Å². The van der Waals surface area contributed by atoms with E-state index in [-0.39, 0.29) is 0 Å². The van der Waals surface area contributed by atoms with Gasteiger partial charge in [0.2, 0.25) is 0 Å². The van der Waals surface area contributed by atoms with Gasteiger partial charge in [0, 0.05) is 0 Å². The molecule has 0 spiro atoms. The van der Waals surface area contributed by atoms with E-state index in [9.17, 15) is 9.90 Å². The zero-order valence-corrected chi connectivity index (χ0v) is 9.62. The van der Waals surface area contributed by atoms with Crippen molar-refractivity contribution in [2.24, 2.45) is 0 Å². The molecule has 5 heteroatoms. The number of amides is 1. The monoisotopic (exact) mass is 236 g/mol. The summed E-state index contributed by atoms with van der Waals surface area (Å²) in [7, 11) is 0. The summed E-state index contributed by atoms with van der Waals surface area (Å²) in [6, 6.07) is 7.65. The number of anilines is 1. The molecule has 1 unspecified atom stereocenters. The van der Waals surface area contributed by atoms with E-state index in [1.54, 1.807) is 6.92 Å². The van der Waals surface area contributed by atoms with Gasteiger partial charge in [0.1, 0.15) is 6.10 Å². The van der Waals surface area contributed by atoms with E-state index in [0.717, 1.165) is 10.2 Å². The first-order valence-electron chi connectivity index (χ1n) is 5.05. The molecule has 1 amide bonds. The predicted molar refractivity (Wildman–Crippen MR) is 64.5 cm³/mol. The first-order valence-corrected chi connectivity index (χ1v) is 5.87. The lowest BCUT2D eigenvalue weighted by atomic mass is 10.3. The molecule has 84 valence electrons. The average molecular weight is 236 g/mol. The molecular weight excluding hydrogens is 224 g/mol. The minimum Gasteiger partial charge on any atom is -0.383 e. The van der Waals surface area contributed by atoms with Gasteiger partial charge < -0.3 is 5.11 Å². The van der Waals surface area contributed by atoms with Crippen LogP contribution >= 0.6 is 11.3 Å². The van der Waals surface area contributed by atoms with Crippen molar-refractivity contribution in [1.82, 2.24) is 4.98 Å². The Hall–Kier alpha value is -1.46. The van der Waals surface area contributed by atoms with E-state index in [1.165, 1.54) is 11.3 Å². The quantitative estimate of drug-likeness (QED) is 0.856. The molecule has 0 aliphatic carbocycles. The van der Waals surface area contributed by atoms with Gasteiger partial charge in [-0.1, -0.05) is 30.4 Å². The smallest absolute Gasteiger partial charge is 0.254 e. The molecule has 1 atom stereocenters. The number of hydrogen-bond donors (Lipinski definition) is 2. The molecule has 1 aromatic heterocycles. The lowest BCUT2D eigenvalue weighted by Crippen LogP contribution is -2.26. The van der Waals surface area contributed by atoms with Crippen molar-refractivity contribution in [2.45, 2.75) is 19.4 Å². The third kappa shape index (κ3) is 2.20. The Balaban J connectivity index is 2.18. The number of aromatic nitrogens is 1. The number of nitrogens with zero attached hydrogens (tertiary/aromatic N) is 1. The van der Waals surface area contributed by atoms with Crippen LogP contribution in [0.25, 0.3) is 10.2 Å². The number of para-hydroxylation sites is 1. The van der Waals surface area contributed by atoms with Gasteiger partial charge >= 0.3 is 0 Å². The van der Waals surface area contributed by atoms with Crippen LogP contribution in [0.15, 0.2) is 24.3 Å². The van der Waals surface area contributed by atoms with Gasteiger partial charge in [0.05, 0.1) is 10.2 Å². The summed E-state index contributed by atoms with van der Waals surface area (Å²) in [6.45, 7) is 1.75. The van der Waals surface area contributed by atoms with E-state index in [2.05, 4.69) is 10.3 Å². The topological polar surface area (TPSA) is 62.2 Å². The highest BCUT2D eigenvalue weighted by Gasteiger charge is 2.14. The van der Waals surface area contributed by atoms with Crippen LogP contribution < -0.4 is 5.32 Å². The van der Waals surface area contributed by atoms with E-state index in [1.807, 2.05) is 24.3 Å². The van der Waals surface area contributed by atoms with E-state index in [0.29, 0.717) is 11.6 Å². The Labute approximate surface area is 96.9 Å². The third-order valence-corrected chi connectivity index (χ3v) is 3.17. The van der Waals surface area contributed by atoms with Crippen molar-refractivity contribution < 1.29 is 9.90 Å². The molecule has 0 aliphatic rings. The van der Waals surface area contributed by atoms with Crippen LogP contribution in [0.4, 0.5) is 5.13 Å². The maximum Gasteiger partial charge on any atom is 0.254 e. The molecule has 0 bridgehead atoms. The van der Waals surface area contributed by atoms with Gasteiger partial charge in [-0.05, 0) is 18.6 Å². The van der Waals surface area contributed by atoms with Gasteiger partial charge in [-0.3, -0.25) is 10.1 Å². The third-order valence-electron chi connectivity index (χ3n) is 2.21. The molecule has 2 N–H and O–H groups in total. The summed E-state index contributed by atoms with van der Waals surface area (Å²) in [5, 5.41) is 12.5. The molecule has 2 rings (SSSR count). The van der Waals surface area contributed by atoms with Crippen molar-refractivity contribution in [2.75, 3.05) is 5.32 Å². The van der Waals surface area contributed by atoms with Crippen LogP contribution in [0.1, 0.15) is 13.3 Å². The number of hydrogen-bond acceptors (Lipinski definition) is 4. The number of carbonyl (C=O) groups is 1. The Bertz CT molecular complexity index is 476. The Morgan fingerprint density at radius 1 is 1.56 bits per heavy atom. The molecule has 0 saturated heterocycles. The van der Waals surface area contributed by atoms with E-state index < -0.39 is 12.0 Å². The van der Waals surface area contributed by atoms with Gasteiger partial charge in [-0.15, -0.1) is 0 Å². The fraction of sp³-hybridized carbons (Fsp3) is 0.273. The van der Waals surface area contributed by atoms with Gasteiger partial charge in [0.25, 0.3) is 5.91 Å². The van der Waals surface area contributed by atoms with Crippen LogP contribution in [0.2, 0.25) is 0 Å². The molecule has 0 aliphatic heterocycles. The van der Waals surface area contributed by atoms with Crippen LogP contribution in [-0.4, -0.2) is 22.1 Å². The maximum atomic E-state index is 11.4.